The molecule has 0 spiro atoms. The zero-order chi connectivity index (χ0) is 10.7. The first-order valence-corrected chi connectivity index (χ1v) is 4.35. The molecule has 76 valence electrons. The molecule has 0 atom stereocenters. The predicted molar refractivity (Wildman–Crippen MR) is 51.8 cm³/mol. The number of hydrogen-bond acceptors (Lipinski definition) is 3. The second-order valence-corrected chi connectivity index (χ2v) is 2.98. The zero-order valence-corrected chi connectivity index (χ0v) is 8.27. The van der Waals surface area contributed by atoms with Crippen LogP contribution in [0.25, 0.3) is 0 Å². The van der Waals surface area contributed by atoms with Crippen molar-refractivity contribution in [3.8, 4) is 0 Å². The van der Waals surface area contributed by atoms with E-state index >= 15 is 0 Å². The Morgan fingerprint density at radius 1 is 1.64 bits per heavy atom. The van der Waals surface area contributed by atoms with Gasteiger partial charge in [-0.2, -0.15) is 0 Å². The highest BCUT2D eigenvalue weighted by Gasteiger charge is 2.14. The molecular weight excluding hydrogens is 209 g/mol. The second kappa shape index (κ2) is 4.28. The zero-order valence-electron chi connectivity index (χ0n) is 7.51. The summed E-state index contributed by atoms with van der Waals surface area (Å²) in [6.07, 6.45) is 0. The van der Waals surface area contributed by atoms with Gasteiger partial charge >= 0.3 is 5.97 Å². The molecule has 14 heavy (non-hydrogen) atoms. The van der Waals surface area contributed by atoms with E-state index in [1.54, 1.807) is 6.92 Å². The summed E-state index contributed by atoms with van der Waals surface area (Å²) in [6.45, 7) is 1.89. The van der Waals surface area contributed by atoms with Crippen LogP contribution in [0, 0.1) is 5.82 Å². The van der Waals surface area contributed by atoms with Crippen LogP contribution >= 0.6 is 11.6 Å². The van der Waals surface area contributed by atoms with Gasteiger partial charge in [0.15, 0.2) is 0 Å². The molecule has 0 unspecified atom stereocenters. The van der Waals surface area contributed by atoms with Gasteiger partial charge in [-0.3, -0.25) is 0 Å². The number of rotatable bonds is 2. The number of carbonyl (C=O) groups is 1. The third kappa shape index (κ3) is 2.14. The highest BCUT2D eigenvalue weighted by Crippen LogP contribution is 2.22. The molecule has 0 aliphatic rings. The van der Waals surface area contributed by atoms with Gasteiger partial charge in [-0.25, -0.2) is 9.18 Å². The molecule has 0 fully saturated rings. The van der Waals surface area contributed by atoms with Gasteiger partial charge < -0.3 is 10.5 Å². The van der Waals surface area contributed by atoms with Gasteiger partial charge in [-0.15, -0.1) is 0 Å². The standard InChI is InChI=1S/C9H9ClFNO2/c1-2-14-9(13)5-3-8(12)7(11)4-6(5)10/h3-4H,2,12H2,1H3. The first kappa shape index (κ1) is 10.8. The van der Waals surface area contributed by atoms with Crippen molar-refractivity contribution in [1.82, 2.24) is 0 Å². The van der Waals surface area contributed by atoms with Gasteiger partial charge in [-0.1, -0.05) is 11.6 Å². The lowest BCUT2D eigenvalue weighted by Gasteiger charge is -2.05. The predicted octanol–water partition coefficient (Wildman–Crippen LogP) is 2.24. The van der Waals surface area contributed by atoms with Crippen LogP contribution in [0.1, 0.15) is 17.3 Å². The Morgan fingerprint density at radius 3 is 2.86 bits per heavy atom. The average molecular weight is 218 g/mol. The topological polar surface area (TPSA) is 52.3 Å². The number of halogens is 2. The van der Waals surface area contributed by atoms with Crippen LogP contribution in [-0.2, 0) is 4.74 Å². The maximum Gasteiger partial charge on any atom is 0.339 e. The molecule has 0 bridgehead atoms. The van der Waals surface area contributed by atoms with Gasteiger partial charge in [0, 0.05) is 0 Å². The lowest BCUT2D eigenvalue weighted by atomic mass is 10.2. The van der Waals surface area contributed by atoms with Crippen LogP contribution in [-0.4, -0.2) is 12.6 Å². The molecule has 0 aliphatic carbocycles. The van der Waals surface area contributed by atoms with E-state index in [9.17, 15) is 9.18 Å². The Balaban J connectivity index is 3.09. The molecule has 0 saturated heterocycles. The summed E-state index contributed by atoms with van der Waals surface area (Å²) in [5.41, 5.74) is 5.23. The van der Waals surface area contributed by atoms with E-state index in [1.165, 1.54) is 0 Å². The van der Waals surface area contributed by atoms with E-state index in [-0.39, 0.29) is 22.9 Å². The maximum absolute atomic E-state index is 12.8. The summed E-state index contributed by atoms with van der Waals surface area (Å²) >= 11 is 5.64. The van der Waals surface area contributed by atoms with E-state index in [4.69, 9.17) is 22.1 Å². The van der Waals surface area contributed by atoms with E-state index in [0.29, 0.717) is 0 Å². The quantitative estimate of drug-likeness (QED) is 0.611. The van der Waals surface area contributed by atoms with Crippen molar-refractivity contribution in [3.63, 3.8) is 0 Å². The Hall–Kier alpha value is -1.29. The Kier molecular flexibility index (Phi) is 3.30. The summed E-state index contributed by atoms with van der Waals surface area (Å²) < 4.78 is 17.5. The highest BCUT2D eigenvalue weighted by atomic mass is 35.5. The van der Waals surface area contributed by atoms with Crippen molar-refractivity contribution in [2.24, 2.45) is 0 Å². The van der Waals surface area contributed by atoms with Crippen LogP contribution in [0.3, 0.4) is 0 Å². The number of anilines is 1. The van der Waals surface area contributed by atoms with Crippen molar-refractivity contribution >= 4 is 23.3 Å². The fourth-order valence-electron chi connectivity index (χ4n) is 0.931. The third-order valence-electron chi connectivity index (χ3n) is 1.58. The minimum absolute atomic E-state index is 0.00449. The molecule has 5 heteroatoms. The smallest absolute Gasteiger partial charge is 0.339 e. The van der Waals surface area contributed by atoms with E-state index in [0.717, 1.165) is 12.1 Å². The summed E-state index contributed by atoms with van der Waals surface area (Å²) in [7, 11) is 0. The van der Waals surface area contributed by atoms with Gasteiger partial charge in [0.1, 0.15) is 5.82 Å². The van der Waals surface area contributed by atoms with Gasteiger partial charge in [-0.05, 0) is 19.1 Å². The molecule has 0 saturated carbocycles. The summed E-state index contributed by atoms with van der Waals surface area (Å²) in [5, 5.41) is -0.00449. The van der Waals surface area contributed by atoms with Crippen LogP contribution < -0.4 is 5.73 Å². The minimum atomic E-state index is -0.650. The van der Waals surface area contributed by atoms with Crippen LogP contribution in [0.4, 0.5) is 10.1 Å². The number of ether oxygens (including phenoxy) is 1. The van der Waals surface area contributed by atoms with Gasteiger partial charge in [0.05, 0.1) is 22.9 Å². The average Bonchev–Trinajstić information content (AvgIpc) is 2.11. The molecule has 0 radical (unpaired) electrons. The maximum atomic E-state index is 12.8. The number of nitrogens with two attached hydrogens (primary N) is 1. The summed E-state index contributed by atoms with van der Waals surface area (Å²) in [6, 6.07) is 2.15. The van der Waals surface area contributed by atoms with E-state index in [1.807, 2.05) is 0 Å². The number of benzene rings is 1. The highest BCUT2D eigenvalue weighted by molar-refractivity contribution is 6.33. The van der Waals surface area contributed by atoms with Gasteiger partial charge in [0.25, 0.3) is 0 Å². The van der Waals surface area contributed by atoms with Crippen LogP contribution in [0.2, 0.25) is 5.02 Å². The van der Waals surface area contributed by atoms with Crippen molar-refractivity contribution in [3.05, 3.63) is 28.5 Å². The number of hydrogen-bond donors (Lipinski definition) is 1. The van der Waals surface area contributed by atoms with E-state index < -0.39 is 11.8 Å². The molecule has 0 heterocycles. The minimum Gasteiger partial charge on any atom is -0.462 e. The molecule has 2 N–H and O–H groups in total. The third-order valence-corrected chi connectivity index (χ3v) is 1.89. The first-order valence-electron chi connectivity index (χ1n) is 3.98. The lowest BCUT2D eigenvalue weighted by molar-refractivity contribution is 0.0526. The first-order chi connectivity index (χ1) is 6.56. The van der Waals surface area contributed by atoms with Crippen LogP contribution in [0.5, 0.6) is 0 Å². The second-order valence-electron chi connectivity index (χ2n) is 2.57. The van der Waals surface area contributed by atoms with Crippen molar-refractivity contribution in [2.75, 3.05) is 12.3 Å². The molecular formula is C9H9ClFNO2. The Labute approximate surface area is 85.6 Å². The largest absolute Gasteiger partial charge is 0.462 e. The van der Waals surface area contributed by atoms with Crippen molar-refractivity contribution < 1.29 is 13.9 Å². The normalized spacial score (nSPS) is 9.93. The SMILES string of the molecule is CCOC(=O)c1cc(N)c(F)cc1Cl. The lowest BCUT2D eigenvalue weighted by Crippen LogP contribution is -2.07. The number of carbonyl (C=O) groups excluding carboxylic acids is 1. The Bertz CT molecular complexity index is 368. The fourth-order valence-corrected chi connectivity index (χ4v) is 1.16. The molecule has 0 amide bonds. The monoisotopic (exact) mass is 217 g/mol. The molecule has 1 aromatic carbocycles. The van der Waals surface area contributed by atoms with Gasteiger partial charge in [0.2, 0.25) is 0 Å². The fraction of sp³-hybridized carbons (Fsp3) is 0.222. The summed E-state index contributed by atoms with van der Waals surface area (Å²) in [5.74, 6) is -1.26. The van der Waals surface area contributed by atoms with Crippen LogP contribution in [0.15, 0.2) is 12.1 Å². The molecule has 1 rings (SSSR count). The van der Waals surface area contributed by atoms with Crippen molar-refractivity contribution in [2.45, 2.75) is 6.92 Å². The van der Waals surface area contributed by atoms with Crippen molar-refractivity contribution in [1.29, 1.82) is 0 Å². The Morgan fingerprint density at radius 2 is 2.29 bits per heavy atom. The summed E-state index contributed by atoms with van der Waals surface area (Å²) in [4.78, 5) is 11.2. The number of esters is 1. The molecule has 0 aliphatic heterocycles. The molecule has 1 aromatic rings. The molecule has 0 aromatic heterocycles. The van der Waals surface area contributed by atoms with E-state index in [2.05, 4.69) is 0 Å². The molecule has 3 nitrogen and oxygen atoms in total. The number of nitrogen functional groups attached to an aromatic ring is 1.